The number of hydrogen-bond donors (Lipinski definition) is 1. The van der Waals surface area contributed by atoms with E-state index in [1.807, 2.05) is 13.0 Å². The minimum atomic E-state index is 0.436. The van der Waals surface area contributed by atoms with Gasteiger partial charge in [0.25, 0.3) is 0 Å². The number of nitriles is 1. The average molecular weight is 257 g/mol. The van der Waals surface area contributed by atoms with Crippen LogP contribution in [0.15, 0.2) is 30.5 Å². The second-order valence-corrected chi connectivity index (χ2v) is 4.78. The Kier molecular flexibility index (Phi) is 4.30. The summed E-state index contributed by atoms with van der Waals surface area (Å²) in [6.07, 6.45) is 5.28. The molecule has 4 heteroatoms. The number of ether oxygens (including phenoxy) is 1. The monoisotopic (exact) mass is 257 g/mol. The van der Waals surface area contributed by atoms with Gasteiger partial charge in [-0.2, -0.15) is 5.26 Å². The normalized spacial score (nSPS) is 18.7. The summed E-state index contributed by atoms with van der Waals surface area (Å²) in [5.74, 6) is 1.09. The van der Waals surface area contributed by atoms with Gasteiger partial charge >= 0.3 is 0 Å². The van der Waals surface area contributed by atoms with Crippen LogP contribution in [0.1, 0.15) is 18.9 Å². The summed E-state index contributed by atoms with van der Waals surface area (Å²) in [6.45, 7) is 4.73. The zero-order valence-electron chi connectivity index (χ0n) is 11.2. The Morgan fingerprint density at radius 3 is 3.16 bits per heavy atom. The van der Waals surface area contributed by atoms with Gasteiger partial charge in [0.05, 0.1) is 12.3 Å². The summed E-state index contributed by atoms with van der Waals surface area (Å²) in [4.78, 5) is 2.29. The highest BCUT2D eigenvalue weighted by atomic mass is 16.5. The Morgan fingerprint density at radius 2 is 2.42 bits per heavy atom. The molecule has 0 aliphatic carbocycles. The second kappa shape index (κ2) is 6.14. The number of nitrogens with two attached hydrogens (primary N) is 1. The van der Waals surface area contributed by atoms with Gasteiger partial charge in [0.2, 0.25) is 0 Å². The molecule has 1 aliphatic heterocycles. The highest BCUT2D eigenvalue weighted by Crippen LogP contribution is 2.25. The van der Waals surface area contributed by atoms with Crippen LogP contribution in [0.2, 0.25) is 0 Å². The van der Waals surface area contributed by atoms with Crippen LogP contribution in [0.5, 0.6) is 5.75 Å². The van der Waals surface area contributed by atoms with Crippen molar-refractivity contribution in [2.75, 3.05) is 25.4 Å². The minimum Gasteiger partial charge on any atom is -0.492 e. The predicted molar refractivity (Wildman–Crippen MR) is 75.6 cm³/mol. The van der Waals surface area contributed by atoms with Crippen molar-refractivity contribution in [2.24, 2.45) is 5.92 Å². The summed E-state index contributed by atoms with van der Waals surface area (Å²) in [5.41, 5.74) is 6.67. The summed E-state index contributed by atoms with van der Waals surface area (Å²) in [6, 6.07) is 7.42. The molecule has 0 aromatic heterocycles. The SMILES string of the molecule is CC=CN1CCC(COc2cccc(N)c2C#N)C1. The Hall–Kier alpha value is -2.15. The van der Waals surface area contributed by atoms with Gasteiger partial charge in [-0.3, -0.25) is 0 Å². The van der Waals surface area contributed by atoms with E-state index >= 15 is 0 Å². The maximum Gasteiger partial charge on any atom is 0.139 e. The molecule has 1 aromatic rings. The number of benzene rings is 1. The average Bonchev–Trinajstić information content (AvgIpc) is 2.84. The zero-order chi connectivity index (χ0) is 13.7. The fourth-order valence-electron chi connectivity index (χ4n) is 2.34. The molecule has 0 amide bonds. The molecule has 1 saturated heterocycles. The third kappa shape index (κ3) is 3.19. The molecule has 0 saturated carbocycles. The molecule has 0 radical (unpaired) electrons. The molecular formula is C15H19N3O. The van der Waals surface area contributed by atoms with Crippen LogP contribution in [0.4, 0.5) is 5.69 Å². The number of hydrogen-bond acceptors (Lipinski definition) is 4. The molecule has 19 heavy (non-hydrogen) atoms. The quantitative estimate of drug-likeness (QED) is 0.841. The molecule has 1 heterocycles. The lowest BCUT2D eigenvalue weighted by Gasteiger charge is -2.14. The van der Waals surface area contributed by atoms with E-state index in [1.165, 1.54) is 0 Å². The van der Waals surface area contributed by atoms with E-state index in [0.29, 0.717) is 29.5 Å². The van der Waals surface area contributed by atoms with Crippen molar-refractivity contribution in [1.82, 2.24) is 4.90 Å². The van der Waals surface area contributed by atoms with Gasteiger partial charge in [-0.05, 0) is 31.7 Å². The Bertz CT molecular complexity index is 505. The first-order chi connectivity index (χ1) is 9.24. The molecule has 1 aromatic carbocycles. The third-order valence-corrected chi connectivity index (χ3v) is 3.32. The van der Waals surface area contributed by atoms with Crippen molar-refractivity contribution in [3.63, 3.8) is 0 Å². The van der Waals surface area contributed by atoms with Crippen LogP contribution >= 0.6 is 0 Å². The van der Waals surface area contributed by atoms with Gasteiger partial charge in [0.15, 0.2) is 0 Å². The van der Waals surface area contributed by atoms with E-state index in [2.05, 4.69) is 23.2 Å². The third-order valence-electron chi connectivity index (χ3n) is 3.32. The Morgan fingerprint density at radius 1 is 1.58 bits per heavy atom. The van der Waals surface area contributed by atoms with E-state index in [9.17, 15) is 0 Å². The van der Waals surface area contributed by atoms with E-state index in [1.54, 1.807) is 12.1 Å². The van der Waals surface area contributed by atoms with E-state index in [0.717, 1.165) is 19.5 Å². The fraction of sp³-hybridized carbons (Fsp3) is 0.400. The lowest BCUT2D eigenvalue weighted by atomic mass is 10.1. The van der Waals surface area contributed by atoms with Gasteiger partial charge < -0.3 is 15.4 Å². The molecule has 0 bridgehead atoms. The lowest BCUT2D eigenvalue weighted by Crippen LogP contribution is -2.17. The Balaban J connectivity index is 1.94. The van der Waals surface area contributed by atoms with Gasteiger partial charge in [-0.15, -0.1) is 0 Å². The van der Waals surface area contributed by atoms with Crippen LogP contribution in [-0.4, -0.2) is 24.6 Å². The molecule has 2 N–H and O–H groups in total. The predicted octanol–water partition coefficient (Wildman–Crippen LogP) is 2.37. The van der Waals surface area contributed by atoms with E-state index in [-0.39, 0.29) is 0 Å². The largest absolute Gasteiger partial charge is 0.492 e. The Labute approximate surface area is 114 Å². The molecule has 1 unspecified atom stereocenters. The van der Waals surface area contributed by atoms with E-state index < -0.39 is 0 Å². The number of rotatable bonds is 4. The molecule has 0 spiro atoms. The highest BCUT2D eigenvalue weighted by molar-refractivity contribution is 5.60. The molecule has 1 aliphatic rings. The number of likely N-dealkylation sites (tertiary alicyclic amines) is 1. The van der Waals surface area contributed by atoms with Crippen molar-refractivity contribution in [3.05, 3.63) is 36.0 Å². The summed E-state index contributed by atoms with van der Waals surface area (Å²) < 4.78 is 5.77. The van der Waals surface area contributed by atoms with Gasteiger partial charge in [-0.25, -0.2) is 0 Å². The van der Waals surface area contributed by atoms with Crippen LogP contribution in [0, 0.1) is 17.2 Å². The number of anilines is 1. The standard InChI is InChI=1S/C15H19N3O/c1-2-7-18-8-6-12(10-18)11-19-15-5-3-4-14(17)13(15)9-16/h2-5,7,12H,6,8,10-11,17H2,1H3. The minimum absolute atomic E-state index is 0.436. The molecule has 2 rings (SSSR count). The lowest BCUT2D eigenvalue weighted by molar-refractivity contribution is 0.251. The molecule has 1 atom stereocenters. The van der Waals surface area contributed by atoms with Crippen LogP contribution in [-0.2, 0) is 0 Å². The summed E-state index contributed by atoms with van der Waals surface area (Å²) >= 11 is 0. The van der Waals surface area contributed by atoms with Crippen LogP contribution in [0.25, 0.3) is 0 Å². The molecular weight excluding hydrogens is 238 g/mol. The fourth-order valence-corrected chi connectivity index (χ4v) is 2.34. The smallest absolute Gasteiger partial charge is 0.139 e. The van der Waals surface area contributed by atoms with Crippen molar-refractivity contribution in [2.45, 2.75) is 13.3 Å². The van der Waals surface area contributed by atoms with Gasteiger partial charge in [-0.1, -0.05) is 12.1 Å². The van der Waals surface area contributed by atoms with Crippen molar-refractivity contribution in [1.29, 1.82) is 5.26 Å². The van der Waals surface area contributed by atoms with Gasteiger partial charge in [0.1, 0.15) is 17.4 Å². The molecule has 4 nitrogen and oxygen atoms in total. The second-order valence-electron chi connectivity index (χ2n) is 4.78. The first kappa shape index (κ1) is 13.3. The topological polar surface area (TPSA) is 62.3 Å². The molecule has 100 valence electrons. The summed E-state index contributed by atoms with van der Waals surface area (Å²) in [7, 11) is 0. The highest BCUT2D eigenvalue weighted by Gasteiger charge is 2.21. The first-order valence-electron chi connectivity index (χ1n) is 6.53. The van der Waals surface area contributed by atoms with Crippen LogP contribution in [0.3, 0.4) is 0 Å². The number of nitrogen functional groups attached to an aromatic ring is 1. The number of allylic oxidation sites excluding steroid dienone is 1. The maximum atomic E-state index is 9.08. The molecule has 1 fully saturated rings. The van der Waals surface area contributed by atoms with Crippen molar-refractivity contribution < 1.29 is 4.74 Å². The van der Waals surface area contributed by atoms with E-state index in [4.69, 9.17) is 15.7 Å². The summed E-state index contributed by atoms with van der Waals surface area (Å²) in [5, 5.41) is 9.08. The van der Waals surface area contributed by atoms with Crippen molar-refractivity contribution in [3.8, 4) is 11.8 Å². The zero-order valence-corrected chi connectivity index (χ0v) is 11.2. The number of nitrogens with zero attached hydrogens (tertiary/aromatic N) is 2. The first-order valence-corrected chi connectivity index (χ1v) is 6.53. The van der Waals surface area contributed by atoms with Crippen LogP contribution < -0.4 is 10.5 Å². The van der Waals surface area contributed by atoms with Gasteiger partial charge in [0, 0.05) is 19.0 Å². The van der Waals surface area contributed by atoms with Crippen molar-refractivity contribution >= 4 is 5.69 Å². The maximum absolute atomic E-state index is 9.08.